The molecule has 0 N–H and O–H groups in total. The Morgan fingerprint density at radius 1 is 0.750 bits per heavy atom. The molecule has 2 rings (SSSR count). The van der Waals surface area contributed by atoms with E-state index in [2.05, 4.69) is 69.9 Å². The van der Waals surface area contributed by atoms with Crippen molar-refractivity contribution in [3.63, 3.8) is 0 Å². The molecular weight excluding hydrogens is 288 g/mol. The van der Waals surface area contributed by atoms with Crippen LogP contribution in [0.15, 0.2) is 60.7 Å². The van der Waals surface area contributed by atoms with E-state index in [1.165, 1.54) is 29.4 Å². The van der Waals surface area contributed by atoms with Gasteiger partial charge in [0.15, 0.2) is 0 Å². The average Bonchev–Trinajstić information content (AvgIpc) is 2.31. The van der Waals surface area contributed by atoms with Crippen LogP contribution in [0, 0.1) is 0 Å². The van der Waals surface area contributed by atoms with E-state index in [0.717, 1.165) is 0 Å². The Kier molecular flexibility index (Phi) is 5.12. The van der Waals surface area contributed by atoms with Crippen LogP contribution in [0.4, 0.5) is 0 Å². The van der Waals surface area contributed by atoms with E-state index in [1.807, 2.05) is 0 Å². The standard InChI is InChI=1S/C13H12P.ClH.Zn/c14-13(11-7-3-1-4-8-11)12-9-5-2-6-10-12;;/h1-10H,14H2;1H;/q;;+1/p-1. The van der Waals surface area contributed by atoms with E-state index in [1.54, 1.807) is 0 Å². The van der Waals surface area contributed by atoms with Gasteiger partial charge in [-0.1, -0.05) is 0 Å². The van der Waals surface area contributed by atoms with Gasteiger partial charge >= 0.3 is 103 Å². The summed E-state index contributed by atoms with van der Waals surface area (Å²) in [5.74, 6) is 0. The molecule has 0 radical (unpaired) electrons. The van der Waals surface area contributed by atoms with Crippen LogP contribution in [0.2, 0.25) is 0 Å². The van der Waals surface area contributed by atoms with Crippen LogP contribution in [0.3, 0.4) is 0 Å². The molecule has 1 atom stereocenters. The van der Waals surface area contributed by atoms with Gasteiger partial charge in [-0.3, -0.25) is 0 Å². The summed E-state index contributed by atoms with van der Waals surface area (Å²) in [6.07, 6.45) is 0. The molecule has 1 unspecified atom stereocenters. The van der Waals surface area contributed by atoms with Gasteiger partial charge in [0.2, 0.25) is 0 Å². The van der Waals surface area contributed by atoms with Gasteiger partial charge in [-0.15, -0.1) is 0 Å². The van der Waals surface area contributed by atoms with Gasteiger partial charge in [-0.2, -0.15) is 0 Å². The Labute approximate surface area is 115 Å². The fourth-order valence-electron chi connectivity index (χ4n) is 1.64. The van der Waals surface area contributed by atoms with Crippen LogP contribution >= 0.6 is 9.24 Å². The third-order valence-corrected chi connectivity index (χ3v) is 4.96. The van der Waals surface area contributed by atoms with Crippen LogP contribution < -0.4 is 12.4 Å². The first-order valence-electron chi connectivity index (χ1n) is 4.96. The molecule has 2 aromatic carbocycles. The van der Waals surface area contributed by atoms with Gasteiger partial charge in [0.05, 0.1) is 0 Å². The van der Waals surface area contributed by atoms with Gasteiger partial charge in [0.1, 0.15) is 0 Å². The molecule has 0 saturated carbocycles. The molecule has 0 fully saturated rings. The normalized spacial score (nSPS) is 10.7. The second-order valence-corrected chi connectivity index (χ2v) is 8.74. The fraction of sp³-hybridized carbons (Fsp3) is 0.0769. The average molecular weight is 300 g/mol. The zero-order valence-electron chi connectivity index (χ0n) is 8.94. The second kappa shape index (κ2) is 5.92. The molecule has 0 nitrogen and oxygen atoms in total. The molecule has 0 aromatic heterocycles. The molecule has 0 heterocycles. The Hall–Kier alpha value is -0.217. The van der Waals surface area contributed by atoms with Crippen molar-refractivity contribution in [1.29, 1.82) is 0 Å². The number of halogens is 1. The van der Waals surface area contributed by atoms with Crippen LogP contribution in [-0.4, -0.2) is 0 Å². The molecule has 78 valence electrons. The first-order valence-corrected chi connectivity index (χ1v) is 7.02. The minimum Gasteiger partial charge on any atom is -1.00 e. The molecule has 3 heteroatoms. The van der Waals surface area contributed by atoms with Crippen molar-refractivity contribution >= 4 is 9.24 Å². The van der Waals surface area contributed by atoms with Crippen molar-refractivity contribution < 1.29 is 30.7 Å². The zero-order chi connectivity index (χ0) is 10.7. The Balaban J connectivity index is 0.00000128. The van der Waals surface area contributed by atoms with Crippen molar-refractivity contribution in [2.45, 2.75) is 3.75 Å². The summed E-state index contributed by atoms with van der Waals surface area (Å²) < 4.78 is 0.128. The van der Waals surface area contributed by atoms with E-state index < -0.39 is 0 Å². The topological polar surface area (TPSA) is 0 Å². The summed E-state index contributed by atoms with van der Waals surface area (Å²) >= 11 is 1.20. The predicted octanol–water partition coefficient (Wildman–Crippen LogP) is 0.314. The molecule has 16 heavy (non-hydrogen) atoms. The number of hydrogen-bond donors (Lipinski definition) is 0. The van der Waals surface area contributed by atoms with Crippen molar-refractivity contribution in [1.82, 2.24) is 0 Å². The molecule has 0 bridgehead atoms. The molecule has 0 aliphatic carbocycles. The van der Waals surface area contributed by atoms with Gasteiger partial charge < -0.3 is 12.4 Å². The number of benzene rings is 2. The molecule has 0 amide bonds. The summed E-state index contributed by atoms with van der Waals surface area (Å²) in [7, 11) is 3.00. The van der Waals surface area contributed by atoms with E-state index in [0.29, 0.717) is 0 Å². The van der Waals surface area contributed by atoms with E-state index in [9.17, 15) is 0 Å². The van der Waals surface area contributed by atoms with E-state index in [-0.39, 0.29) is 16.2 Å². The fourth-order valence-corrected chi connectivity index (χ4v) is 3.01. The Morgan fingerprint density at radius 3 is 1.38 bits per heavy atom. The van der Waals surface area contributed by atoms with Gasteiger partial charge in [-0.05, 0) is 0 Å². The predicted molar refractivity (Wildman–Crippen MR) is 63.4 cm³/mol. The molecule has 2 aromatic rings. The first kappa shape index (κ1) is 13.8. The third kappa shape index (κ3) is 2.92. The SMILES string of the molecule is P[C]([Zn+])(c1ccccc1)c1ccccc1.[Cl-]. The Morgan fingerprint density at radius 2 is 1.06 bits per heavy atom. The molecule has 0 saturated heterocycles. The van der Waals surface area contributed by atoms with Gasteiger partial charge in [0.25, 0.3) is 0 Å². The summed E-state index contributed by atoms with van der Waals surface area (Å²) in [4.78, 5) is 0. The van der Waals surface area contributed by atoms with E-state index in [4.69, 9.17) is 0 Å². The largest absolute Gasteiger partial charge is 1.00 e. The summed E-state index contributed by atoms with van der Waals surface area (Å²) in [5, 5.41) is 0. The zero-order valence-corrected chi connectivity index (χ0v) is 13.8. The first-order chi connectivity index (χ1) is 7.21. The number of hydrogen-bond acceptors (Lipinski definition) is 0. The van der Waals surface area contributed by atoms with Crippen LogP contribution in [0.5, 0.6) is 0 Å². The molecule has 0 spiro atoms. The monoisotopic (exact) mass is 298 g/mol. The van der Waals surface area contributed by atoms with Gasteiger partial charge in [-0.25, -0.2) is 0 Å². The van der Waals surface area contributed by atoms with Crippen LogP contribution in [0.25, 0.3) is 0 Å². The van der Waals surface area contributed by atoms with Crippen molar-refractivity contribution in [2.75, 3.05) is 0 Å². The Bertz CT molecular complexity index is 387. The maximum atomic E-state index is 3.00. The number of rotatable bonds is 2. The third-order valence-electron chi connectivity index (χ3n) is 2.58. The minimum atomic E-state index is 0. The van der Waals surface area contributed by atoms with Crippen molar-refractivity contribution in [3.05, 3.63) is 71.8 Å². The van der Waals surface area contributed by atoms with Crippen molar-refractivity contribution in [3.8, 4) is 0 Å². The smallest absolute Gasteiger partial charge is 1.00 e. The molecular formula is C13H12ClPZn. The molecule has 0 aliphatic heterocycles. The van der Waals surface area contributed by atoms with E-state index >= 15 is 0 Å². The van der Waals surface area contributed by atoms with Crippen LogP contribution in [0.1, 0.15) is 11.1 Å². The van der Waals surface area contributed by atoms with Gasteiger partial charge in [0, 0.05) is 0 Å². The molecule has 0 aliphatic rings. The second-order valence-electron chi connectivity index (χ2n) is 3.70. The maximum Gasteiger partial charge on any atom is -1.00 e. The van der Waals surface area contributed by atoms with Crippen molar-refractivity contribution in [2.24, 2.45) is 0 Å². The summed E-state index contributed by atoms with van der Waals surface area (Å²) in [5.41, 5.74) is 2.75. The van der Waals surface area contributed by atoms with Crippen LogP contribution in [-0.2, 0) is 22.1 Å². The quantitative estimate of drug-likeness (QED) is 0.553. The maximum absolute atomic E-state index is 3.00. The summed E-state index contributed by atoms with van der Waals surface area (Å²) in [6.45, 7) is 0. The minimum absolute atomic E-state index is 0. The summed E-state index contributed by atoms with van der Waals surface area (Å²) in [6, 6.07) is 21.3.